The average Bonchev–Trinajstić information content (AvgIpc) is 3.14. The van der Waals surface area contributed by atoms with Crippen molar-refractivity contribution in [3.63, 3.8) is 0 Å². The van der Waals surface area contributed by atoms with Crippen LogP contribution in [0.5, 0.6) is 11.6 Å². The number of halogens is 2. The maximum atomic E-state index is 12.6. The molecule has 0 spiro atoms. The second kappa shape index (κ2) is 8.62. The van der Waals surface area contributed by atoms with E-state index in [1.165, 1.54) is 24.3 Å². The first kappa shape index (κ1) is 19.5. The number of pyridine rings is 1. The summed E-state index contributed by atoms with van der Waals surface area (Å²) in [6.07, 6.45) is 5.74. The van der Waals surface area contributed by atoms with Crippen molar-refractivity contribution in [1.29, 1.82) is 0 Å². The number of aromatic nitrogens is 1. The third kappa shape index (κ3) is 5.14. The van der Waals surface area contributed by atoms with E-state index in [0.29, 0.717) is 11.4 Å². The predicted molar refractivity (Wildman–Crippen MR) is 94.2 cm³/mol. The standard InChI is InChI=1S/C18H20F2N2O4S/c19-18(20)26-15-9-3-4-10-16(15)27(23,24)22-12-13-6-5-11-21-17(13)25-14-7-1-2-8-14/h3-6,9-11,14,18,22H,1-2,7-8,12H2. The lowest BCUT2D eigenvalue weighted by Gasteiger charge is -2.16. The van der Waals surface area contributed by atoms with E-state index in [0.717, 1.165) is 25.7 Å². The number of alkyl halides is 2. The molecule has 6 nitrogen and oxygen atoms in total. The minimum atomic E-state index is -4.07. The third-order valence-corrected chi connectivity index (χ3v) is 5.68. The highest BCUT2D eigenvalue weighted by Gasteiger charge is 2.23. The van der Waals surface area contributed by atoms with Crippen LogP contribution in [0.2, 0.25) is 0 Å². The Hall–Kier alpha value is -2.26. The third-order valence-electron chi connectivity index (χ3n) is 4.24. The van der Waals surface area contributed by atoms with Gasteiger partial charge in [-0.3, -0.25) is 0 Å². The molecule has 0 aliphatic heterocycles. The van der Waals surface area contributed by atoms with Crippen molar-refractivity contribution < 1.29 is 26.7 Å². The van der Waals surface area contributed by atoms with E-state index in [4.69, 9.17) is 4.74 Å². The van der Waals surface area contributed by atoms with Crippen LogP contribution in [-0.2, 0) is 16.6 Å². The summed E-state index contributed by atoms with van der Waals surface area (Å²) >= 11 is 0. The van der Waals surface area contributed by atoms with E-state index >= 15 is 0 Å². The molecule has 146 valence electrons. The Morgan fingerprint density at radius 1 is 1.15 bits per heavy atom. The first-order chi connectivity index (χ1) is 13.0. The number of hydrogen-bond donors (Lipinski definition) is 1. The molecule has 1 fully saturated rings. The van der Waals surface area contributed by atoms with Crippen molar-refractivity contribution in [2.75, 3.05) is 0 Å². The molecular weight excluding hydrogens is 378 g/mol. The molecule has 0 amide bonds. The van der Waals surface area contributed by atoms with Crippen molar-refractivity contribution in [3.8, 4) is 11.6 Å². The lowest BCUT2D eigenvalue weighted by Crippen LogP contribution is -2.25. The van der Waals surface area contributed by atoms with Crippen LogP contribution in [-0.4, -0.2) is 26.1 Å². The highest BCUT2D eigenvalue weighted by atomic mass is 32.2. The van der Waals surface area contributed by atoms with Crippen molar-refractivity contribution in [3.05, 3.63) is 48.2 Å². The van der Waals surface area contributed by atoms with Gasteiger partial charge in [-0.2, -0.15) is 8.78 Å². The fourth-order valence-corrected chi connectivity index (χ4v) is 4.08. The van der Waals surface area contributed by atoms with Gasteiger partial charge in [0, 0.05) is 18.3 Å². The monoisotopic (exact) mass is 398 g/mol. The Balaban J connectivity index is 1.75. The van der Waals surface area contributed by atoms with Crippen LogP contribution in [0.4, 0.5) is 8.78 Å². The van der Waals surface area contributed by atoms with Gasteiger partial charge in [-0.15, -0.1) is 0 Å². The zero-order valence-corrected chi connectivity index (χ0v) is 15.3. The lowest BCUT2D eigenvalue weighted by atomic mass is 10.2. The van der Waals surface area contributed by atoms with Crippen molar-refractivity contribution in [2.24, 2.45) is 0 Å². The smallest absolute Gasteiger partial charge is 0.387 e. The van der Waals surface area contributed by atoms with Crippen LogP contribution >= 0.6 is 0 Å². The Bertz CT molecular complexity index is 871. The Morgan fingerprint density at radius 3 is 2.63 bits per heavy atom. The van der Waals surface area contributed by atoms with E-state index in [-0.39, 0.29) is 17.5 Å². The second-order valence-electron chi connectivity index (χ2n) is 6.14. The number of sulfonamides is 1. The van der Waals surface area contributed by atoms with Gasteiger partial charge in [-0.05, 0) is 43.9 Å². The number of hydrogen-bond acceptors (Lipinski definition) is 5. The largest absolute Gasteiger partial charge is 0.474 e. The molecule has 2 aromatic rings. The van der Waals surface area contributed by atoms with Crippen LogP contribution in [0, 0.1) is 0 Å². The van der Waals surface area contributed by atoms with Crippen LogP contribution in [0.1, 0.15) is 31.2 Å². The normalized spacial score (nSPS) is 15.2. The number of rotatable bonds is 8. The zero-order chi connectivity index (χ0) is 19.3. The van der Waals surface area contributed by atoms with Crippen LogP contribution in [0.25, 0.3) is 0 Å². The van der Waals surface area contributed by atoms with Crippen LogP contribution in [0.15, 0.2) is 47.5 Å². The van der Waals surface area contributed by atoms with Crippen molar-refractivity contribution in [2.45, 2.75) is 49.8 Å². The van der Waals surface area contributed by atoms with Crippen LogP contribution < -0.4 is 14.2 Å². The van der Waals surface area contributed by atoms with Gasteiger partial charge >= 0.3 is 6.61 Å². The number of ether oxygens (including phenoxy) is 2. The van der Waals surface area contributed by atoms with Gasteiger partial charge in [-0.25, -0.2) is 18.1 Å². The van der Waals surface area contributed by atoms with E-state index in [9.17, 15) is 17.2 Å². The topological polar surface area (TPSA) is 77.5 Å². The molecule has 27 heavy (non-hydrogen) atoms. The van der Waals surface area contributed by atoms with Gasteiger partial charge in [0.2, 0.25) is 15.9 Å². The summed E-state index contributed by atoms with van der Waals surface area (Å²) in [5.74, 6) is -0.0298. The molecule has 0 radical (unpaired) electrons. The maximum Gasteiger partial charge on any atom is 0.387 e. The highest BCUT2D eigenvalue weighted by molar-refractivity contribution is 7.89. The minimum Gasteiger partial charge on any atom is -0.474 e. The number of para-hydroxylation sites is 1. The molecule has 1 aliphatic carbocycles. The molecule has 1 N–H and O–H groups in total. The molecule has 3 rings (SSSR count). The molecule has 1 aromatic heterocycles. The Morgan fingerprint density at radius 2 is 1.89 bits per heavy atom. The lowest BCUT2D eigenvalue weighted by molar-refractivity contribution is -0.0517. The Kier molecular flexibility index (Phi) is 6.22. The summed E-state index contributed by atoms with van der Waals surface area (Å²) in [6.45, 7) is -3.20. The van der Waals surface area contributed by atoms with Crippen LogP contribution in [0.3, 0.4) is 0 Å². The quantitative estimate of drug-likeness (QED) is 0.737. The Labute approximate surface area is 156 Å². The number of nitrogens with zero attached hydrogens (tertiary/aromatic N) is 1. The molecule has 1 aromatic carbocycles. The zero-order valence-electron chi connectivity index (χ0n) is 14.5. The van der Waals surface area contributed by atoms with E-state index in [1.54, 1.807) is 18.3 Å². The number of benzene rings is 1. The summed E-state index contributed by atoms with van der Waals surface area (Å²) < 4.78 is 62.8. The summed E-state index contributed by atoms with van der Waals surface area (Å²) in [5.41, 5.74) is 0.570. The molecule has 9 heteroatoms. The van der Waals surface area contributed by atoms with E-state index in [2.05, 4.69) is 14.4 Å². The number of nitrogens with one attached hydrogen (secondary N) is 1. The van der Waals surface area contributed by atoms with Gasteiger partial charge in [0.1, 0.15) is 16.7 Å². The summed E-state index contributed by atoms with van der Waals surface area (Å²) in [4.78, 5) is 3.84. The molecule has 1 aliphatic rings. The summed E-state index contributed by atoms with van der Waals surface area (Å²) in [5, 5.41) is 0. The van der Waals surface area contributed by atoms with Gasteiger partial charge < -0.3 is 9.47 Å². The first-order valence-electron chi connectivity index (χ1n) is 8.60. The van der Waals surface area contributed by atoms with Gasteiger partial charge in [0.25, 0.3) is 0 Å². The maximum absolute atomic E-state index is 12.6. The van der Waals surface area contributed by atoms with Crippen molar-refractivity contribution in [1.82, 2.24) is 9.71 Å². The molecule has 0 atom stereocenters. The fraction of sp³-hybridized carbons (Fsp3) is 0.389. The molecule has 0 saturated heterocycles. The highest BCUT2D eigenvalue weighted by Crippen LogP contribution is 2.27. The summed E-state index contributed by atoms with van der Waals surface area (Å²) in [6, 6.07) is 8.63. The molecule has 1 heterocycles. The predicted octanol–water partition coefficient (Wildman–Crippen LogP) is 3.48. The van der Waals surface area contributed by atoms with Gasteiger partial charge in [0.15, 0.2) is 0 Å². The summed E-state index contributed by atoms with van der Waals surface area (Å²) in [7, 11) is -4.07. The molecule has 0 unspecified atom stereocenters. The van der Waals surface area contributed by atoms with Crippen molar-refractivity contribution >= 4 is 10.0 Å². The van der Waals surface area contributed by atoms with E-state index in [1.807, 2.05) is 0 Å². The first-order valence-corrected chi connectivity index (χ1v) is 10.1. The second-order valence-corrected chi connectivity index (χ2v) is 7.88. The van der Waals surface area contributed by atoms with Gasteiger partial charge in [-0.1, -0.05) is 18.2 Å². The minimum absolute atomic E-state index is 0.0791. The molecule has 0 bridgehead atoms. The average molecular weight is 398 g/mol. The molecule has 1 saturated carbocycles. The van der Waals surface area contributed by atoms with E-state index < -0.39 is 22.4 Å². The SMILES string of the molecule is O=S(=O)(NCc1cccnc1OC1CCCC1)c1ccccc1OC(F)F. The molecular formula is C18H20F2N2O4S. The fourth-order valence-electron chi connectivity index (χ4n) is 2.94. The van der Waals surface area contributed by atoms with Gasteiger partial charge in [0.05, 0.1) is 0 Å².